The summed E-state index contributed by atoms with van der Waals surface area (Å²) in [5.74, 6) is -1.02. The van der Waals surface area contributed by atoms with Crippen molar-refractivity contribution in [3.63, 3.8) is 0 Å². The number of thioether (sulfide) groups is 2. The number of allylic oxidation sites excluding steroid dienone is 1. The number of unbranched alkanes of at least 4 members (excludes halogenated alkanes) is 8. The zero-order chi connectivity index (χ0) is 42.9. The normalized spacial score (nSPS) is 17.4. The number of thiocarbonyl (C=S) groups is 1. The molecule has 1 amide bonds. The van der Waals surface area contributed by atoms with E-state index in [4.69, 9.17) is 26.9 Å². The molecule has 316 valence electrons. The van der Waals surface area contributed by atoms with Gasteiger partial charge in [-0.15, -0.1) is 23.1 Å². The van der Waals surface area contributed by atoms with E-state index < -0.39 is 29.9 Å². The predicted octanol–water partition coefficient (Wildman–Crippen LogP) is 8.39. The van der Waals surface area contributed by atoms with Crippen molar-refractivity contribution >= 4 is 104 Å². The highest BCUT2D eigenvalue weighted by molar-refractivity contribution is 8.30. The van der Waals surface area contributed by atoms with Crippen LogP contribution in [0.4, 0.5) is 11.4 Å². The number of anilines is 2. The third kappa shape index (κ3) is 13.1. The van der Waals surface area contributed by atoms with Gasteiger partial charge >= 0.3 is 18.1 Å². The third-order valence-corrected chi connectivity index (χ3v) is 14.1. The number of benzene rings is 2. The fourth-order valence-electron chi connectivity index (χ4n) is 7.41. The van der Waals surface area contributed by atoms with Gasteiger partial charge in [-0.25, -0.2) is 0 Å². The standard InChI is InChI=1S/C43H53N3O6S4.CO2/c1-4-6-7-8-9-10-11-14-26-54-32-22-20-31(21-23-32)46-29(3)33(5-2)34-27-30(19-24-35(34)46)16-15-17-36-40(51)45(28-38(49)50)42(55-36)39-41(52)44(43(53)56-39)25-13-12-18-37(47)48;2-1-3/h15-17,19-24,27,29,33H,4-14,18,25-26,28H2,1-3H3,(H,47,48)(H,49,50);/b16-15?,36-17?,42-39+;. The number of fused-ring (bicyclic) bond motifs is 1. The van der Waals surface area contributed by atoms with Crippen LogP contribution >= 0.6 is 47.1 Å². The molecule has 2 atom stereocenters. The summed E-state index contributed by atoms with van der Waals surface area (Å²) < 4.78 is 1.96. The fourth-order valence-corrected chi connectivity index (χ4v) is 10.8. The smallest absolute Gasteiger partial charge is 0.373 e. The van der Waals surface area contributed by atoms with E-state index in [9.17, 15) is 24.3 Å². The lowest BCUT2D eigenvalue weighted by Gasteiger charge is -2.27. The molecule has 2 N–H and O–H groups in total. The first-order valence-corrected chi connectivity index (χ1v) is 23.2. The highest BCUT2D eigenvalue weighted by Crippen LogP contribution is 2.47. The van der Waals surface area contributed by atoms with Gasteiger partial charge in [-0.05, 0) is 92.0 Å². The number of aromatic nitrogens is 1. The van der Waals surface area contributed by atoms with E-state index in [1.807, 2.05) is 17.8 Å². The van der Waals surface area contributed by atoms with Gasteiger partial charge in [0.25, 0.3) is 11.5 Å². The van der Waals surface area contributed by atoms with E-state index in [0.29, 0.717) is 27.6 Å². The van der Waals surface area contributed by atoms with Crippen molar-refractivity contribution in [1.29, 1.82) is 0 Å². The topological polar surface area (TPSA) is 154 Å². The molecule has 5 rings (SSSR count). The first kappa shape index (κ1) is 47.4. The van der Waals surface area contributed by atoms with Crippen molar-refractivity contribution < 1.29 is 34.2 Å². The molecule has 1 saturated heterocycles. The highest BCUT2D eigenvalue weighted by atomic mass is 32.2. The molecule has 3 heterocycles. The minimum Gasteiger partial charge on any atom is -0.481 e. The summed E-state index contributed by atoms with van der Waals surface area (Å²) >= 11 is 9.47. The van der Waals surface area contributed by atoms with E-state index in [2.05, 4.69) is 68.1 Å². The monoisotopic (exact) mass is 879 g/mol. The van der Waals surface area contributed by atoms with Crippen molar-refractivity contribution in [2.45, 2.75) is 121 Å². The number of carbonyl (C=O) groups is 3. The molecule has 0 aliphatic carbocycles. The Kier molecular flexibility index (Phi) is 19.4. The largest absolute Gasteiger partial charge is 0.481 e. The molecule has 2 aromatic carbocycles. The second-order valence-electron chi connectivity index (χ2n) is 14.4. The molecule has 11 nitrogen and oxygen atoms in total. The van der Waals surface area contributed by atoms with Crippen LogP contribution in [0.2, 0.25) is 0 Å². The van der Waals surface area contributed by atoms with E-state index in [1.54, 1.807) is 12.2 Å². The van der Waals surface area contributed by atoms with Crippen LogP contribution < -0.4 is 19.7 Å². The number of hydrogen-bond acceptors (Lipinski definition) is 11. The van der Waals surface area contributed by atoms with Crippen LogP contribution in [0.15, 0.2) is 58.2 Å². The van der Waals surface area contributed by atoms with Crippen LogP contribution in [0.25, 0.3) is 17.1 Å². The summed E-state index contributed by atoms with van der Waals surface area (Å²) in [5.41, 5.74) is 4.17. The lowest BCUT2D eigenvalue weighted by atomic mass is 9.92. The molecule has 59 heavy (non-hydrogen) atoms. The summed E-state index contributed by atoms with van der Waals surface area (Å²) in [5, 5.41) is 18.5. The molecule has 0 bridgehead atoms. The van der Waals surface area contributed by atoms with Gasteiger partial charge in [-0.3, -0.25) is 28.6 Å². The van der Waals surface area contributed by atoms with Crippen LogP contribution in [0.5, 0.6) is 0 Å². The molecule has 2 aliphatic heterocycles. The van der Waals surface area contributed by atoms with Crippen molar-refractivity contribution in [1.82, 2.24) is 9.47 Å². The molecule has 15 heteroatoms. The Morgan fingerprint density at radius 3 is 2.24 bits per heavy atom. The molecule has 3 aromatic rings. The second kappa shape index (κ2) is 24.1. The Labute approximate surface area is 363 Å². The van der Waals surface area contributed by atoms with Gasteiger partial charge in [0.2, 0.25) is 0 Å². The maximum atomic E-state index is 13.5. The molecule has 2 unspecified atom stereocenters. The lowest BCUT2D eigenvalue weighted by molar-refractivity contribution is -0.191. The SMILES string of the molecule is CCCCCCCCCCSc1ccc(N2c3ccc(C=CC=c4s/c(=C5/SC(=S)N(CCCCC(=O)O)C5=O)n(CC(=O)O)c4=O)cc3C(CC)C2C)cc1.O=C=O. The number of nitrogens with zero attached hydrogens (tertiary/aromatic N) is 3. The van der Waals surface area contributed by atoms with E-state index in [0.717, 1.165) is 45.4 Å². The number of carboxylic acids is 2. The number of hydrogen-bond donors (Lipinski definition) is 2. The average Bonchev–Trinajstić information content (AvgIpc) is 3.77. The molecule has 0 radical (unpaired) electrons. The van der Waals surface area contributed by atoms with Gasteiger partial charge in [-0.1, -0.05) is 101 Å². The van der Waals surface area contributed by atoms with Crippen LogP contribution in [0.3, 0.4) is 0 Å². The van der Waals surface area contributed by atoms with Gasteiger partial charge in [0.05, 0.1) is 4.53 Å². The Balaban J connectivity index is 0.00000248. The first-order valence-electron chi connectivity index (χ1n) is 20.2. The number of aliphatic carboxylic acids is 2. The average molecular weight is 880 g/mol. The fraction of sp³-hybridized carbons (Fsp3) is 0.455. The summed E-state index contributed by atoms with van der Waals surface area (Å²) in [7, 11) is 0. The molecular weight excluding hydrogens is 827 g/mol. The highest BCUT2D eigenvalue weighted by Gasteiger charge is 2.36. The zero-order valence-electron chi connectivity index (χ0n) is 33.9. The van der Waals surface area contributed by atoms with Gasteiger partial charge in [0, 0.05) is 41.2 Å². The summed E-state index contributed by atoms with van der Waals surface area (Å²) in [4.78, 5) is 71.1. The molecular formula is C44H53N3O8S4. The summed E-state index contributed by atoms with van der Waals surface area (Å²) in [6.45, 7) is 6.43. The van der Waals surface area contributed by atoms with Crippen molar-refractivity contribution in [2.24, 2.45) is 0 Å². The molecule has 1 aromatic heterocycles. The van der Waals surface area contributed by atoms with E-state index in [1.165, 1.54) is 78.1 Å². The van der Waals surface area contributed by atoms with Gasteiger partial charge in [-0.2, -0.15) is 9.59 Å². The minimum absolute atomic E-state index is 0.0101. The minimum atomic E-state index is -1.20. The van der Waals surface area contributed by atoms with Crippen LogP contribution in [0, 0.1) is 0 Å². The molecule has 0 spiro atoms. The molecule has 0 saturated carbocycles. The van der Waals surface area contributed by atoms with Crippen LogP contribution in [0.1, 0.15) is 115 Å². The summed E-state index contributed by atoms with van der Waals surface area (Å²) in [6, 6.07) is 15.7. The number of rotatable bonds is 21. The van der Waals surface area contributed by atoms with Crippen molar-refractivity contribution in [3.8, 4) is 0 Å². The number of carboxylic acid groups (broad SMARTS) is 2. The molecule has 2 aliphatic rings. The lowest BCUT2D eigenvalue weighted by Crippen LogP contribution is -2.35. The number of amides is 1. The second-order valence-corrected chi connectivity index (χ2v) is 18.3. The first-order chi connectivity index (χ1) is 28.4. The van der Waals surface area contributed by atoms with Gasteiger partial charge < -0.3 is 15.1 Å². The predicted molar refractivity (Wildman–Crippen MR) is 242 cm³/mol. The van der Waals surface area contributed by atoms with Crippen molar-refractivity contribution in [2.75, 3.05) is 17.2 Å². The van der Waals surface area contributed by atoms with E-state index >= 15 is 0 Å². The third-order valence-electron chi connectivity index (χ3n) is 10.3. The van der Waals surface area contributed by atoms with Crippen LogP contribution in [-0.2, 0) is 30.5 Å². The Bertz CT molecular complexity index is 2190. The Hall–Kier alpha value is -4.27. The van der Waals surface area contributed by atoms with E-state index in [-0.39, 0.29) is 34.7 Å². The zero-order valence-corrected chi connectivity index (χ0v) is 37.1. The van der Waals surface area contributed by atoms with Gasteiger partial charge in [0.15, 0.2) is 0 Å². The Morgan fingerprint density at radius 2 is 1.59 bits per heavy atom. The van der Waals surface area contributed by atoms with Crippen LogP contribution in [-0.4, -0.2) is 66.3 Å². The molecule has 1 fully saturated rings. The maximum absolute atomic E-state index is 13.5. The maximum Gasteiger partial charge on any atom is 0.373 e. The number of carbonyl (C=O) groups excluding carboxylic acids is 3. The summed E-state index contributed by atoms with van der Waals surface area (Å²) in [6.07, 6.45) is 18.1. The number of thiazole rings is 1. The van der Waals surface area contributed by atoms with Crippen molar-refractivity contribution in [3.05, 3.63) is 79.2 Å². The quantitative estimate of drug-likeness (QED) is 0.0600. The van der Waals surface area contributed by atoms with Gasteiger partial charge in [0.1, 0.15) is 20.4 Å². The Morgan fingerprint density at radius 1 is 0.915 bits per heavy atom.